The number of hydrogen-bond acceptors (Lipinski definition) is 13. The number of hydrogen-bond donors (Lipinski definition) is 0. The average molecular weight is 1520 g/mol. The third-order valence-electron chi connectivity index (χ3n) is 27.5. The molecule has 13 nitrogen and oxygen atoms in total. The minimum Gasteiger partial charge on any atom is -0.459 e. The second-order valence-electron chi connectivity index (χ2n) is 36.8. The molecule has 640 valence electrons. The Labute approximate surface area is 665 Å². The molecule has 0 spiro atoms. The van der Waals surface area contributed by atoms with Gasteiger partial charge in [-0.25, -0.2) is 0 Å². The number of rotatable bonds is 22. The van der Waals surface area contributed by atoms with Crippen molar-refractivity contribution >= 4 is 29.8 Å². The van der Waals surface area contributed by atoms with Crippen LogP contribution in [0.2, 0.25) is 0 Å². The van der Waals surface area contributed by atoms with Crippen LogP contribution in [0.25, 0.3) is 0 Å². The number of carbonyl (C=O) groups is 5. The highest BCUT2D eigenvalue weighted by Crippen LogP contribution is 2.68. The fourth-order valence-corrected chi connectivity index (χ4v) is 19.1. The summed E-state index contributed by atoms with van der Waals surface area (Å²) in [4.78, 5) is 60.8. The van der Waals surface area contributed by atoms with Gasteiger partial charge in [-0.05, 0) is 348 Å². The zero-order chi connectivity index (χ0) is 71.5. The predicted molar refractivity (Wildman–Crippen MR) is 454 cm³/mol. The van der Waals surface area contributed by atoms with Crippen LogP contribution < -0.4 is 0 Å². The third kappa shape index (κ3) is 29.5. The van der Waals surface area contributed by atoms with Gasteiger partial charge >= 0.3 is 29.8 Å². The normalized spacial score (nSPS) is 29.9. The van der Waals surface area contributed by atoms with Crippen LogP contribution in [0.15, 0.2) is 0 Å². The minimum absolute atomic E-state index is 0. The first-order valence-corrected chi connectivity index (χ1v) is 40.6. The molecule has 0 heterocycles. The van der Waals surface area contributed by atoms with E-state index in [2.05, 4.69) is 20.8 Å². The summed E-state index contributed by atoms with van der Waals surface area (Å²) in [5, 5.41) is 0. The van der Waals surface area contributed by atoms with E-state index >= 15 is 0 Å². The number of ether oxygens (including phenoxy) is 8. The van der Waals surface area contributed by atoms with Crippen LogP contribution in [0.3, 0.4) is 0 Å². The van der Waals surface area contributed by atoms with Crippen molar-refractivity contribution in [2.75, 3.05) is 0 Å². The second-order valence-corrected chi connectivity index (χ2v) is 36.8. The van der Waals surface area contributed by atoms with E-state index in [-0.39, 0.29) is 126 Å². The summed E-state index contributed by atoms with van der Waals surface area (Å²) in [6.07, 6.45) is 40.4. The molecule has 0 saturated heterocycles. The first-order chi connectivity index (χ1) is 45.6. The van der Waals surface area contributed by atoms with E-state index in [9.17, 15) is 24.0 Å². The number of carbonyl (C=O) groups excluding carboxylic acids is 5. The van der Waals surface area contributed by atoms with E-state index in [1.165, 1.54) is 148 Å². The molecule has 0 amide bonds. The highest BCUT2D eigenvalue weighted by atomic mass is 16.7. The lowest BCUT2D eigenvalue weighted by Crippen LogP contribution is -2.50. The van der Waals surface area contributed by atoms with Crippen LogP contribution in [-0.2, 0) is 61.9 Å². The van der Waals surface area contributed by atoms with Gasteiger partial charge in [0.1, 0.15) is 11.2 Å². The molecule has 12 saturated carbocycles. The van der Waals surface area contributed by atoms with Gasteiger partial charge in [-0.1, -0.05) is 154 Å². The van der Waals surface area contributed by atoms with Crippen molar-refractivity contribution in [1.82, 2.24) is 0 Å². The molecule has 13 atom stereocenters. The molecule has 0 aromatic carbocycles. The number of esters is 5. The van der Waals surface area contributed by atoms with Gasteiger partial charge in [0.05, 0.1) is 45.4 Å². The Bertz CT molecular complexity index is 2450. The Balaban J connectivity index is -0.000000609. The Morgan fingerprint density at radius 2 is 0.682 bits per heavy atom. The fourth-order valence-electron chi connectivity index (χ4n) is 19.1. The molecule has 13 unspecified atom stereocenters. The van der Waals surface area contributed by atoms with Crippen LogP contribution in [0.5, 0.6) is 0 Å². The van der Waals surface area contributed by atoms with E-state index < -0.39 is 35.1 Å². The van der Waals surface area contributed by atoms with Crippen molar-refractivity contribution in [1.29, 1.82) is 0 Å². The van der Waals surface area contributed by atoms with Crippen LogP contribution in [-0.4, -0.2) is 78.2 Å². The van der Waals surface area contributed by atoms with Crippen molar-refractivity contribution in [2.45, 2.75) is 479 Å². The van der Waals surface area contributed by atoms with Crippen LogP contribution >= 0.6 is 0 Å². The molecule has 0 aromatic heterocycles. The summed E-state index contributed by atoms with van der Waals surface area (Å²) in [5.41, 5.74) is -2.32. The van der Waals surface area contributed by atoms with Gasteiger partial charge in [-0.3, -0.25) is 24.0 Å². The van der Waals surface area contributed by atoms with Gasteiger partial charge in [0.25, 0.3) is 0 Å². The first-order valence-electron chi connectivity index (χ1n) is 40.6. The molecule has 12 aliphatic carbocycles. The summed E-state index contributed by atoms with van der Waals surface area (Å²) in [6, 6.07) is 0. The monoisotopic (exact) mass is 1520 g/mol. The van der Waals surface area contributed by atoms with E-state index in [1.807, 2.05) is 118 Å². The molecule has 10 bridgehead atoms. The van der Waals surface area contributed by atoms with Crippen LogP contribution in [0, 0.1) is 98.1 Å². The minimum atomic E-state index is -0.415. The molecule has 12 fully saturated rings. The van der Waals surface area contributed by atoms with Crippen molar-refractivity contribution in [3.63, 3.8) is 0 Å². The highest BCUT2D eigenvalue weighted by Gasteiger charge is 2.63. The molecular weight excluding hydrogens is 1340 g/mol. The highest BCUT2D eigenvalue weighted by molar-refractivity contribution is 5.78. The SMILES string of the molecule is C.C.C.C.C.C.C.C.C.C.CCC(C)(C)C(=O)OC(C)OC1C2CC3CC(C2)CC1C3.CCC(C)(C)C(=O)OC(C)OC1CC2CC1C1C3CCC(C3)C21.CCC(C)(C)C(=O)OC(C)OC1CC2CCC1C2.CCC(C)(C)C(=O)OC1(C)CCCCCCC1.CCC1(OC(=O)C(C)(C)CC)CCCCCCC1. The van der Waals surface area contributed by atoms with Gasteiger partial charge in [-0.2, -0.15) is 0 Å². The van der Waals surface area contributed by atoms with Gasteiger partial charge in [0.15, 0.2) is 18.9 Å². The number of fused-ring (bicyclic) bond motifs is 11. The molecule has 0 radical (unpaired) electrons. The van der Waals surface area contributed by atoms with Crippen molar-refractivity contribution in [3.8, 4) is 0 Å². The summed E-state index contributed by atoms with van der Waals surface area (Å²) < 4.78 is 46.7. The van der Waals surface area contributed by atoms with Crippen molar-refractivity contribution in [2.24, 2.45) is 98.1 Å². The standard InChI is InChI=1S/C20H32O3.C18H30O3.C16H30O2.C15H26O3.C15H28O2.10CH4/c1-5-20(3,4)19(21)23-11(2)22-16-10-14-9-15(16)18-13-7-6-12(8-13)17(14)18;1-5-18(3,4)17(19)21-11(2)20-16-14-7-12-6-13(9-14)10-15(16)8-12;1-5-15(3,4)14(17)18-16(6-2)12-10-8-7-9-11-13-16;1-5-15(3,4)14(16)18-10(2)17-13-9-11-6-7-12(13)8-11;1-5-14(2,3)13(16)17-15(4)11-9-7-6-8-10-12-15;;;;;;;;;;/h11-18H,5-10H2,1-4H3;11-16H,5-10H2,1-4H3;5-13H2,1-4H3;10-13H,5-9H2,1-4H3;5-12H2,1-4H3;10*1H4. The van der Waals surface area contributed by atoms with Crippen LogP contribution in [0.1, 0.15) is 431 Å². The van der Waals surface area contributed by atoms with E-state index in [1.54, 1.807) is 0 Å². The van der Waals surface area contributed by atoms with Gasteiger partial charge in [0, 0.05) is 0 Å². The summed E-state index contributed by atoms with van der Waals surface area (Å²) in [7, 11) is 0. The Kier molecular flexibility index (Phi) is 49.4. The zero-order valence-electron chi connectivity index (χ0n) is 65.7. The maximum Gasteiger partial charge on any atom is 0.313 e. The Morgan fingerprint density at radius 3 is 1.07 bits per heavy atom. The quantitative estimate of drug-likeness (QED) is 0.0437. The fraction of sp³-hybridized carbons (Fsp3) is 0.947. The second kappa shape index (κ2) is 47.8. The maximum atomic E-state index is 12.3. The Hall–Kier alpha value is -2.77. The largest absolute Gasteiger partial charge is 0.459 e. The summed E-state index contributed by atoms with van der Waals surface area (Å²) in [5.74, 6) is 9.99. The lowest BCUT2D eigenvalue weighted by molar-refractivity contribution is -0.224. The van der Waals surface area contributed by atoms with Crippen molar-refractivity contribution in [3.05, 3.63) is 0 Å². The van der Waals surface area contributed by atoms with E-state index in [0.717, 1.165) is 124 Å². The topological polar surface area (TPSA) is 159 Å². The van der Waals surface area contributed by atoms with Gasteiger partial charge in [-0.15, -0.1) is 0 Å². The predicted octanol–water partition coefficient (Wildman–Crippen LogP) is 27.8. The molecule has 0 N–H and O–H groups in total. The third-order valence-corrected chi connectivity index (χ3v) is 27.5. The molecule has 0 aromatic rings. The van der Waals surface area contributed by atoms with Gasteiger partial charge in [0.2, 0.25) is 0 Å². The maximum absolute atomic E-state index is 12.3. The lowest BCUT2D eigenvalue weighted by atomic mass is 9.55. The molecular formula is C94H186O13. The molecule has 13 heteroatoms. The summed E-state index contributed by atoms with van der Waals surface area (Å²) >= 11 is 0. The molecule has 107 heavy (non-hydrogen) atoms. The van der Waals surface area contributed by atoms with Crippen molar-refractivity contribution < 1.29 is 61.9 Å². The molecule has 12 rings (SSSR count). The molecule has 0 aliphatic heterocycles. The van der Waals surface area contributed by atoms with E-state index in [4.69, 9.17) is 37.9 Å². The van der Waals surface area contributed by atoms with Gasteiger partial charge < -0.3 is 37.9 Å². The molecule has 12 aliphatic rings. The first kappa shape index (κ1) is 111. The van der Waals surface area contributed by atoms with E-state index in [0.29, 0.717) is 36.1 Å². The lowest BCUT2D eigenvalue weighted by Gasteiger charge is -2.54. The smallest absolute Gasteiger partial charge is 0.313 e. The average Bonchev–Trinajstić information content (AvgIpc) is 1.56. The zero-order valence-corrected chi connectivity index (χ0v) is 65.7. The summed E-state index contributed by atoms with van der Waals surface area (Å²) in [6.45, 7) is 39.6. The Morgan fingerprint density at radius 1 is 0.336 bits per heavy atom. The van der Waals surface area contributed by atoms with Crippen LogP contribution in [0.4, 0.5) is 0 Å².